The Morgan fingerprint density at radius 2 is 2.00 bits per heavy atom. The summed E-state index contributed by atoms with van der Waals surface area (Å²) in [5.74, 6) is 0. The number of aliphatic hydroxyl groups excluding tert-OH is 2. The molecule has 1 unspecified atom stereocenters. The third kappa shape index (κ3) is 5.80. The first kappa shape index (κ1) is 8.92. The number of unbranched alkanes of at least 4 members (excludes halogenated alkanes) is 2. The molecule has 2 heteroatoms. The van der Waals surface area contributed by atoms with Crippen LogP contribution in [0.1, 0.15) is 25.7 Å². The van der Waals surface area contributed by atoms with E-state index in [1.807, 2.05) is 0 Å². The van der Waals surface area contributed by atoms with Gasteiger partial charge in [0.1, 0.15) is 0 Å². The van der Waals surface area contributed by atoms with E-state index in [0.717, 1.165) is 19.3 Å². The predicted molar refractivity (Wildman–Crippen MR) is 36.9 cm³/mol. The molecule has 2 N–H and O–H groups in total. The second-order valence-corrected chi connectivity index (χ2v) is 2.19. The lowest BCUT2D eigenvalue weighted by atomic mass is 10.1. The van der Waals surface area contributed by atoms with Crippen LogP contribution in [0.3, 0.4) is 0 Å². The van der Waals surface area contributed by atoms with Gasteiger partial charge in [0.2, 0.25) is 0 Å². The molecule has 0 fully saturated rings. The van der Waals surface area contributed by atoms with Gasteiger partial charge >= 0.3 is 0 Å². The zero-order chi connectivity index (χ0) is 7.11. The molecule has 0 saturated heterocycles. The van der Waals surface area contributed by atoms with Crippen molar-refractivity contribution in [1.29, 1.82) is 0 Å². The average molecular weight is 131 g/mol. The number of aliphatic hydroxyl groups is 2. The molecule has 0 amide bonds. The van der Waals surface area contributed by atoms with Gasteiger partial charge in [-0.25, -0.2) is 0 Å². The van der Waals surface area contributed by atoms with Gasteiger partial charge < -0.3 is 10.2 Å². The van der Waals surface area contributed by atoms with Crippen LogP contribution >= 0.6 is 0 Å². The fourth-order valence-electron chi connectivity index (χ4n) is 0.648. The van der Waals surface area contributed by atoms with E-state index in [4.69, 9.17) is 10.2 Å². The number of rotatable bonds is 5. The van der Waals surface area contributed by atoms with Crippen molar-refractivity contribution in [3.63, 3.8) is 0 Å². The highest BCUT2D eigenvalue weighted by atomic mass is 16.3. The van der Waals surface area contributed by atoms with Crippen LogP contribution < -0.4 is 0 Å². The van der Waals surface area contributed by atoms with Gasteiger partial charge in [0.25, 0.3) is 0 Å². The quantitative estimate of drug-likeness (QED) is 0.540. The molecule has 0 aromatic rings. The van der Waals surface area contributed by atoms with Crippen molar-refractivity contribution < 1.29 is 10.2 Å². The van der Waals surface area contributed by atoms with Crippen LogP contribution in [-0.2, 0) is 0 Å². The summed E-state index contributed by atoms with van der Waals surface area (Å²) in [5.41, 5.74) is 0. The molecule has 0 bridgehead atoms. The largest absolute Gasteiger partial charge is 0.394 e. The number of hydrogen-bond donors (Lipinski definition) is 2. The highest BCUT2D eigenvalue weighted by molar-refractivity contribution is 4.52. The van der Waals surface area contributed by atoms with E-state index in [9.17, 15) is 0 Å². The van der Waals surface area contributed by atoms with Gasteiger partial charge in [0.15, 0.2) is 0 Å². The molecule has 0 rings (SSSR count). The Morgan fingerprint density at radius 1 is 1.33 bits per heavy atom. The molecule has 0 aromatic carbocycles. The molecule has 9 heavy (non-hydrogen) atoms. The highest BCUT2D eigenvalue weighted by Gasteiger charge is 1.98. The predicted octanol–water partition coefficient (Wildman–Crippen LogP) is 0.734. The van der Waals surface area contributed by atoms with Gasteiger partial charge in [-0.15, -0.1) is 0 Å². The first-order valence-corrected chi connectivity index (χ1v) is 3.39. The van der Waals surface area contributed by atoms with Gasteiger partial charge in [-0.1, -0.05) is 26.2 Å². The van der Waals surface area contributed by atoms with Crippen LogP contribution in [0.4, 0.5) is 0 Å². The van der Waals surface area contributed by atoms with Crippen molar-refractivity contribution >= 4 is 0 Å². The van der Waals surface area contributed by atoms with E-state index in [1.165, 1.54) is 0 Å². The molecule has 0 spiro atoms. The van der Waals surface area contributed by atoms with Crippen LogP contribution in [0.5, 0.6) is 0 Å². The molecule has 55 valence electrons. The van der Waals surface area contributed by atoms with E-state index in [1.54, 1.807) is 0 Å². The Bertz CT molecular complexity index is 54.9. The second kappa shape index (κ2) is 6.05. The lowest BCUT2D eigenvalue weighted by Crippen LogP contribution is -2.10. The SMILES string of the molecule is [CH2]CCCCC(O)CO. The lowest BCUT2D eigenvalue weighted by Gasteiger charge is -2.04. The van der Waals surface area contributed by atoms with Crippen LogP contribution in [0, 0.1) is 6.92 Å². The monoisotopic (exact) mass is 131 g/mol. The fourth-order valence-corrected chi connectivity index (χ4v) is 0.648. The summed E-state index contributed by atoms with van der Waals surface area (Å²) < 4.78 is 0. The summed E-state index contributed by atoms with van der Waals surface area (Å²) in [5, 5.41) is 17.2. The molecule has 0 aromatic heterocycles. The van der Waals surface area contributed by atoms with Gasteiger partial charge in [0.05, 0.1) is 12.7 Å². The molecule has 0 aliphatic carbocycles. The molecule has 1 atom stereocenters. The van der Waals surface area contributed by atoms with E-state index in [-0.39, 0.29) is 6.61 Å². The average Bonchev–Trinajstić information content (AvgIpc) is 1.89. The van der Waals surface area contributed by atoms with Crippen molar-refractivity contribution in [2.24, 2.45) is 0 Å². The normalized spacial score (nSPS) is 13.7. The van der Waals surface area contributed by atoms with Crippen LogP contribution in [0.15, 0.2) is 0 Å². The van der Waals surface area contributed by atoms with Crippen LogP contribution in [-0.4, -0.2) is 22.9 Å². The summed E-state index contributed by atoms with van der Waals surface area (Å²) in [7, 11) is 0. The molecule has 0 aliphatic heterocycles. The Balaban J connectivity index is 2.88. The number of hydrogen-bond acceptors (Lipinski definition) is 2. The summed E-state index contributed by atoms with van der Waals surface area (Å²) in [6.45, 7) is 3.55. The minimum absolute atomic E-state index is 0.114. The maximum Gasteiger partial charge on any atom is 0.0770 e. The topological polar surface area (TPSA) is 40.5 Å². The van der Waals surface area contributed by atoms with E-state index < -0.39 is 6.10 Å². The van der Waals surface area contributed by atoms with Crippen LogP contribution in [0.25, 0.3) is 0 Å². The zero-order valence-corrected chi connectivity index (χ0v) is 5.71. The first-order chi connectivity index (χ1) is 4.31. The van der Waals surface area contributed by atoms with E-state index in [0.29, 0.717) is 6.42 Å². The van der Waals surface area contributed by atoms with Gasteiger partial charge in [0, 0.05) is 0 Å². The molecular formula is C7H15O2. The van der Waals surface area contributed by atoms with Crippen molar-refractivity contribution in [3.8, 4) is 0 Å². The Kier molecular flexibility index (Phi) is 5.99. The molecule has 1 radical (unpaired) electrons. The van der Waals surface area contributed by atoms with E-state index >= 15 is 0 Å². The van der Waals surface area contributed by atoms with Gasteiger partial charge in [-0.2, -0.15) is 0 Å². The molecule has 0 saturated carbocycles. The minimum Gasteiger partial charge on any atom is -0.394 e. The van der Waals surface area contributed by atoms with Gasteiger partial charge in [-0.3, -0.25) is 0 Å². The molecule has 0 aliphatic rings. The zero-order valence-electron chi connectivity index (χ0n) is 5.71. The lowest BCUT2D eigenvalue weighted by molar-refractivity contribution is 0.0862. The summed E-state index contributed by atoms with van der Waals surface area (Å²) in [6.07, 6.45) is 3.10. The van der Waals surface area contributed by atoms with Crippen molar-refractivity contribution in [3.05, 3.63) is 6.92 Å². The van der Waals surface area contributed by atoms with Crippen molar-refractivity contribution in [2.45, 2.75) is 31.8 Å². The Morgan fingerprint density at radius 3 is 2.44 bits per heavy atom. The Hall–Kier alpha value is -0.0800. The maximum absolute atomic E-state index is 8.81. The smallest absolute Gasteiger partial charge is 0.0770 e. The second-order valence-electron chi connectivity index (χ2n) is 2.19. The Labute approximate surface area is 56.5 Å². The third-order valence-electron chi connectivity index (χ3n) is 1.25. The van der Waals surface area contributed by atoms with E-state index in [2.05, 4.69) is 6.92 Å². The van der Waals surface area contributed by atoms with Crippen LogP contribution in [0.2, 0.25) is 0 Å². The molecule has 0 heterocycles. The first-order valence-electron chi connectivity index (χ1n) is 3.39. The van der Waals surface area contributed by atoms with Crippen molar-refractivity contribution in [2.75, 3.05) is 6.61 Å². The maximum atomic E-state index is 8.81. The summed E-state index contributed by atoms with van der Waals surface area (Å²) in [4.78, 5) is 0. The van der Waals surface area contributed by atoms with Gasteiger partial charge in [-0.05, 0) is 6.42 Å². The molecule has 2 nitrogen and oxygen atoms in total. The summed E-state index contributed by atoms with van der Waals surface area (Å²) in [6, 6.07) is 0. The third-order valence-corrected chi connectivity index (χ3v) is 1.25. The highest BCUT2D eigenvalue weighted by Crippen LogP contribution is 2.01. The fraction of sp³-hybridized carbons (Fsp3) is 0.857. The van der Waals surface area contributed by atoms with Crippen molar-refractivity contribution in [1.82, 2.24) is 0 Å². The standard InChI is InChI=1S/C7H15O2/c1-2-3-4-5-7(9)6-8/h7-9H,1-6H2. The molecular weight excluding hydrogens is 116 g/mol. The summed E-state index contributed by atoms with van der Waals surface area (Å²) >= 11 is 0. The minimum atomic E-state index is -0.517.